The molecule has 0 bridgehead atoms. The Morgan fingerprint density at radius 3 is 2.52 bits per heavy atom. The molecule has 5 heteroatoms. The molecule has 2 aromatic rings. The smallest absolute Gasteiger partial charge is 0.309 e. The largest absolute Gasteiger partial charge is 0.493 e. The zero-order chi connectivity index (χ0) is 15.2. The first kappa shape index (κ1) is 15.7. The van der Waals surface area contributed by atoms with Crippen LogP contribution in [-0.2, 0) is 4.79 Å². The lowest BCUT2D eigenvalue weighted by atomic mass is 10.2. The number of rotatable bonds is 6. The Balaban J connectivity index is 1.96. The fraction of sp³-hybridized carbons (Fsp3) is 0.188. The summed E-state index contributed by atoms with van der Waals surface area (Å²) in [5, 5.41) is 9.52. The number of carboxylic acids is 1. The highest BCUT2D eigenvalue weighted by Crippen LogP contribution is 2.33. The average Bonchev–Trinajstić information content (AvgIpc) is 2.48. The van der Waals surface area contributed by atoms with Crippen molar-refractivity contribution in [2.45, 2.75) is 16.7 Å². The van der Waals surface area contributed by atoms with Gasteiger partial charge in [0, 0.05) is 9.79 Å². The minimum atomic E-state index is -0.860. The number of carboxylic acid groups (broad SMARTS) is 1. The summed E-state index contributed by atoms with van der Waals surface area (Å²) in [7, 11) is 0. The second kappa shape index (κ2) is 7.38. The molecule has 0 saturated carbocycles. The molecule has 0 aromatic heterocycles. The monoisotopic (exact) mass is 322 g/mol. The third-order valence-electron chi connectivity index (χ3n) is 2.81. The summed E-state index contributed by atoms with van der Waals surface area (Å²) in [4.78, 5) is 12.8. The van der Waals surface area contributed by atoms with Gasteiger partial charge in [0.15, 0.2) is 0 Å². The van der Waals surface area contributed by atoms with E-state index >= 15 is 0 Å². The van der Waals surface area contributed by atoms with Crippen LogP contribution in [0.4, 0.5) is 0 Å². The van der Waals surface area contributed by atoms with Gasteiger partial charge < -0.3 is 9.84 Å². The molecule has 1 unspecified atom stereocenters. The van der Waals surface area contributed by atoms with Gasteiger partial charge >= 0.3 is 5.97 Å². The SMILES string of the molecule is CC(COc1ccc(Sc2ccccc2Cl)cc1)C(=O)O. The van der Waals surface area contributed by atoms with Crippen molar-refractivity contribution in [3.05, 3.63) is 53.6 Å². The molecule has 1 atom stereocenters. The van der Waals surface area contributed by atoms with Crippen molar-refractivity contribution >= 4 is 29.3 Å². The van der Waals surface area contributed by atoms with Gasteiger partial charge in [-0.15, -0.1) is 0 Å². The van der Waals surface area contributed by atoms with Crippen LogP contribution < -0.4 is 4.74 Å². The fourth-order valence-electron chi connectivity index (χ4n) is 1.55. The van der Waals surface area contributed by atoms with Crippen LogP contribution >= 0.6 is 23.4 Å². The average molecular weight is 323 g/mol. The standard InChI is InChI=1S/C16H15ClO3S/c1-11(16(18)19)10-20-12-6-8-13(9-7-12)21-15-5-3-2-4-14(15)17/h2-9,11H,10H2,1H3,(H,18,19). The summed E-state index contributed by atoms with van der Waals surface area (Å²) < 4.78 is 5.44. The molecular weight excluding hydrogens is 308 g/mol. The van der Waals surface area contributed by atoms with E-state index in [4.69, 9.17) is 21.4 Å². The molecule has 0 heterocycles. The van der Waals surface area contributed by atoms with Gasteiger partial charge in [-0.1, -0.05) is 35.5 Å². The lowest BCUT2D eigenvalue weighted by Crippen LogP contribution is -2.17. The second-order valence-electron chi connectivity index (χ2n) is 4.55. The van der Waals surface area contributed by atoms with E-state index in [1.165, 1.54) is 0 Å². The second-order valence-corrected chi connectivity index (χ2v) is 6.08. The van der Waals surface area contributed by atoms with Crippen LogP contribution in [0.2, 0.25) is 5.02 Å². The lowest BCUT2D eigenvalue weighted by Gasteiger charge is -2.10. The first-order valence-corrected chi connectivity index (χ1v) is 7.64. The molecule has 0 spiro atoms. The number of hydrogen-bond donors (Lipinski definition) is 1. The van der Waals surface area contributed by atoms with Gasteiger partial charge in [-0.05, 0) is 43.3 Å². The van der Waals surface area contributed by atoms with Crippen LogP contribution in [0.1, 0.15) is 6.92 Å². The van der Waals surface area contributed by atoms with Crippen LogP contribution in [0, 0.1) is 5.92 Å². The maximum absolute atomic E-state index is 10.7. The third-order valence-corrected chi connectivity index (χ3v) is 4.34. The Kier molecular flexibility index (Phi) is 5.53. The Hall–Kier alpha value is -1.65. The van der Waals surface area contributed by atoms with Crippen LogP contribution in [0.5, 0.6) is 5.75 Å². The van der Waals surface area contributed by atoms with E-state index in [0.29, 0.717) is 5.75 Å². The number of ether oxygens (including phenoxy) is 1. The zero-order valence-electron chi connectivity index (χ0n) is 11.5. The minimum absolute atomic E-state index is 0.159. The highest BCUT2D eigenvalue weighted by atomic mass is 35.5. The van der Waals surface area contributed by atoms with Crippen molar-refractivity contribution in [1.82, 2.24) is 0 Å². The van der Waals surface area contributed by atoms with Gasteiger partial charge in [-0.3, -0.25) is 4.79 Å². The zero-order valence-corrected chi connectivity index (χ0v) is 13.0. The van der Waals surface area contributed by atoms with Crippen LogP contribution in [0.3, 0.4) is 0 Å². The Labute approximate surface area is 132 Å². The molecular formula is C16H15ClO3S. The molecule has 2 aromatic carbocycles. The molecule has 1 N–H and O–H groups in total. The first-order chi connectivity index (χ1) is 10.1. The van der Waals surface area contributed by atoms with Gasteiger partial charge in [-0.25, -0.2) is 0 Å². The van der Waals surface area contributed by atoms with Gasteiger partial charge in [0.2, 0.25) is 0 Å². The topological polar surface area (TPSA) is 46.5 Å². The van der Waals surface area contributed by atoms with E-state index in [9.17, 15) is 4.79 Å². The maximum atomic E-state index is 10.7. The molecule has 110 valence electrons. The minimum Gasteiger partial charge on any atom is -0.493 e. The predicted molar refractivity (Wildman–Crippen MR) is 84.3 cm³/mol. The Morgan fingerprint density at radius 2 is 1.90 bits per heavy atom. The molecule has 21 heavy (non-hydrogen) atoms. The first-order valence-electron chi connectivity index (χ1n) is 6.44. The van der Waals surface area contributed by atoms with E-state index in [0.717, 1.165) is 14.8 Å². The number of benzene rings is 2. The molecule has 0 amide bonds. The lowest BCUT2D eigenvalue weighted by molar-refractivity contribution is -0.142. The highest BCUT2D eigenvalue weighted by molar-refractivity contribution is 7.99. The van der Waals surface area contributed by atoms with Crippen LogP contribution in [-0.4, -0.2) is 17.7 Å². The summed E-state index contributed by atoms with van der Waals surface area (Å²) in [5.41, 5.74) is 0. The Morgan fingerprint density at radius 1 is 1.24 bits per heavy atom. The molecule has 0 aliphatic heterocycles. The fourth-order valence-corrected chi connectivity index (χ4v) is 2.64. The third kappa shape index (κ3) is 4.69. The van der Waals surface area contributed by atoms with Crippen LogP contribution in [0.25, 0.3) is 0 Å². The van der Waals surface area contributed by atoms with Crippen molar-refractivity contribution in [2.24, 2.45) is 5.92 Å². The molecule has 0 aliphatic rings. The normalized spacial score (nSPS) is 11.9. The number of carbonyl (C=O) groups is 1. The summed E-state index contributed by atoms with van der Waals surface area (Å²) in [6.45, 7) is 1.77. The van der Waals surface area contributed by atoms with Crippen molar-refractivity contribution < 1.29 is 14.6 Å². The molecule has 0 fully saturated rings. The molecule has 0 radical (unpaired) electrons. The molecule has 2 rings (SSSR count). The predicted octanol–water partition coefficient (Wildman–Crippen LogP) is 4.59. The van der Waals surface area contributed by atoms with E-state index in [1.54, 1.807) is 18.7 Å². The van der Waals surface area contributed by atoms with Gasteiger partial charge in [0.1, 0.15) is 12.4 Å². The summed E-state index contributed by atoms with van der Waals surface area (Å²) in [6, 6.07) is 15.2. The van der Waals surface area contributed by atoms with Crippen molar-refractivity contribution in [2.75, 3.05) is 6.61 Å². The van der Waals surface area contributed by atoms with Crippen molar-refractivity contribution in [1.29, 1.82) is 0 Å². The van der Waals surface area contributed by atoms with E-state index in [-0.39, 0.29) is 6.61 Å². The van der Waals surface area contributed by atoms with Gasteiger partial charge in [-0.2, -0.15) is 0 Å². The highest BCUT2D eigenvalue weighted by Gasteiger charge is 2.11. The van der Waals surface area contributed by atoms with E-state index in [2.05, 4.69) is 0 Å². The summed E-state index contributed by atoms with van der Waals surface area (Å²) in [5.74, 6) is -0.727. The number of aliphatic carboxylic acids is 1. The molecule has 3 nitrogen and oxygen atoms in total. The summed E-state index contributed by atoms with van der Waals surface area (Å²) >= 11 is 7.69. The van der Waals surface area contributed by atoms with Gasteiger partial charge in [0.05, 0.1) is 10.9 Å². The number of halogens is 1. The van der Waals surface area contributed by atoms with Gasteiger partial charge in [0.25, 0.3) is 0 Å². The number of hydrogen-bond acceptors (Lipinski definition) is 3. The quantitative estimate of drug-likeness (QED) is 0.845. The Bertz CT molecular complexity index is 613. The van der Waals surface area contributed by atoms with E-state index in [1.807, 2.05) is 48.5 Å². The van der Waals surface area contributed by atoms with E-state index < -0.39 is 11.9 Å². The van der Waals surface area contributed by atoms with Crippen molar-refractivity contribution in [3.8, 4) is 5.75 Å². The van der Waals surface area contributed by atoms with Crippen LogP contribution in [0.15, 0.2) is 58.3 Å². The maximum Gasteiger partial charge on any atom is 0.309 e. The molecule has 0 saturated heterocycles. The van der Waals surface area contributed by atoms with Crippen molar-refractivity contribution in [3.63, 3.8) is 0 Å². The summed E-state index contributed by atoms with van der Waals surface area (Å²) in [6.07, 6.45) is 0. The molecule has 0 aliphatic carbocycles.